The number of aryl methyl sites for hydroxylation is 4. The SMILES string of the molecule is Cc1ccc(SCC(=O)Nc2cc(C)nn2-c2nc3cc(C)c(C)cc3s2)cc1. The van der Waals surface area contributed by atoms with Crippen molar-refractivity contribution in [2.45, 2.75) is 32.6 Å². The van der Waals surface area contributed by atoms with E-state index >= 15 is 0 Å². The van der Waals surface area contributed by atoms with Crippen LogP contribution in [-0.4, -0.2) is 26.4 Å². The van der Waals surface area contributed by atoms with Crippen molar-refractivity contribution in [1.82, 2.24) is 14.8 Å². The van der Waals surface area contributed by atoms with Gasteiger partial charge in [0.05, 0.1) is 21.7 Å². The highest BCUT2D eigenvalue weighted by Crippen LogP contribution is 2.29. The summed E-state index contributed by atoms with van der Waals surface area (Å²) < 4.78 is 2.84. The molecule has 2 heterocycles. The van der Waals surface area contributed by atoms with E-state index in [0.717, 1.165) is 25.9 Å². The number of nitrogens with zero attached hydrogens (tertiary/aromatic N) is 3. The largest absolute Gasteiger partial charge is 0.310 e. The number of aromatic nitrogens is 3. The van der Waals surface area contributed by atoms with Crippen molar-refractivity contribution in [3.63, 3.8) is 0 Å². The maximum absolute atomic E-state index is 12.5. The third kappa shape index (κ3) is 4.36. The number of hydrogen-bond acceptors (Lipinski definition) is 5. The van der Waals surface area contributed by atoms with Gasteiger partial charge in [-0.15, -0.1) is 11.8 Å². The molecule has 0 bridgehead atoms. The van der Waals surface area contributed by atoms with Gasteiger partial charge in [0, 0.05) is 11.0 Å². The summed E-state index contributed by atoms with van der Waals surface area (Å²) in [6.07, 6.45) is 0. The standard InChI is InChI=1S/C22H22N4OS2/c1-13-5-7-17(8-6-13)28-12-21(27)24-20-11-16(4)25-26(20)22-23-18-9-14(2)15(3)10-19(18)29-22/h5-11H,12H2,1-4H3,(H,24,27). The Morgan fingerprint density at radius 1 is 1.07 bits per heavy atom. The van der Waals surface area contributed by atoms with E-state index in [1.165, 1.54) is 28.5 Å². The minimum Gasteiger partial charge on any atom is -0.310 e. The zero-order chi connectivity index (χ0) is 20.5. The van der Waals surface area contributed by atoms with E-state index in [0.29, 0.717) is 11.6 Å². The van der Waals surface area contributed by atoms with E-state index in [-0.39, 0.29) is 5.91 Å². The zero-order valence-corrected chi connectivity index (χ0v) is 18.4. The first-order chi connectivity index (χ1) is 13.9. The molecule has 0 aliphatic heterocycles. The highest BCUT2D eigenvalue weighted by molar-refractivity contribution is 8.00. The first-order valence-corrected chi connectivity index (χ1v) is 11.1. The lowest BCUT2D eigenvalue weighted by Crippen LogP contribution is -2.16. The lowest BCUT2D eigenvalue weighted by atomic mass is 10.1. The molecule has 7 heteroatoms. The fourth-order valence-electron chi connectivity index (χ4n) is 2.96. The van der Waals surface area contributed by atoms with Crippen LogP contribution in [0.2, 0.25) is 0 Å². The molecule has 0 saturated carbocycles. The highest BCUT2D eigenvalue weighted by Gasteiger charge is 2.15. The average Bonchev–Trinajstić information content (AvgIpc) is 3.24. The third-order valence-corrected chi connectivity index (χ3v) is 6.67. The molecule has 5 nitrogen and oxygen atoms in total. The number of carbonyl (C=O) groups is 1. The van der Waals surface area contributed by atoms with Crippen LogP contribution in [-0.2, 0) is 4.79 Å². The fraction of sp³-hybridized carbons (Fsp3) is 0.227. The Morgan fingerprint density at radius 3 is 2.55 bits per heavy atom. The highest BCUT2D eigenvalue weighted by atomic mass is 32.2. The molecule has 148 valence electrons. The van der Waals surface area contributed by atoms with Crippen molar-refractivity contribution < 1.29 is 4.79 Å². The van der Waals surface area contributed by atoms with Gasteiger partial charge in [-0.25, -0.2) is 4.98 Å². The molecule has 4 rings (SSSR count). The summed E-state index contributed by atoms with van der Waals surface area (Å²) in [5.74, 6) is 0.917. The van der Waals surface area contributed by atoms with Crippen LogP contribution in [0, 0.1) is 27.7 Å². The maximum atomic E-state index is 12.5. The van der Waals surface area contributed by atoms with Gasteiger partial charge >= 0.3 is 0 Å². The molecule has 1 amide bonds. The summed E-state index contributed by atoms with van der Waals surface area (Å²) in [5, 5.41) is 8.28. The Morgan fingerprint density at radius 2 is 1.79 bits per heavy atom. The molecule has 0 unspecified atom stereocenters. The number of rotatable bonds is 5. The summed E-state index contributed by atoms with van der Waals surface area (Å²) in [6.45, 7) is 8.15. The van der Waals surface area contributed by atoms with Crippen LogP contribution in [0.3, 0.4) is 0 Å². The first-order valence-electron chi connectivity index (χ1n) is 9.33. The molecule has 0 spiro atoms. The summed E-state index contributed by atoms with van der Waals surface area (Å²) in [6, 6.07) is 14.3. The average molecular weight is 423 g/mol. The number of fused-ring (bicyclic) bond motifs is 1. The molecule has 29 heavy (non-hydrogen) atoms. The Bertz CT molecular complexity index is 1150. The Hall–Kier alpha value is -2.64. The number of anilines is 1. The molecule has 1 N–H and O–H groups in total. The van der Waals surface area contributed by atoms with Crippen LogP contribution in [0.1, 0.15) is 22.4 Å². The predicted octanol–water partition coefficient (Wildman–Crippen LogP) is 5.45. The van der Waals surface area contributed by atoms with Gasteiger partial charge in [0.15, 0.2) is 0 Å². The third-order valence-electron chi connectivity index (χ3n) is 4.66. The van der Waals surface area contributed by atoms with E-state index in [2.05, 4.69) is 55.5 Å². The van der Waals surface area contributed by atoms with Gasteiger partial charge in [0.1, 0.15) is 5.82 Å². The van der Waals surface area contributed by atoms with Crippen molar-refractivity contribution in [2.24, 2.45) is 0 Å². The van der Waals surface area contributed by atoms with Gasteiger partial charge in [-0.2, -0.15) is 9.78 Å². The van der Waals surface area contributed by atoms with Crippen molar-refractivity contribution in [2.75, 3.05) is 11.1 Å². The van der Waals surface area contributed by atoms with E-state index in [4.69, 9.17) is 4.98 Å². The molecule has 0 atom stereocenters. The van der Waals surface area contributed by atoms with Crippen LogP contribution in [0.5, 0.6) is 0 Å². The van der Waals surface area contributed by atoms with Crippen LogP contribution in [0.25, 0.3) is 15.3 Å². The molecular formula is C22H22N4OS2. The second-order valence-corrected chi connectivity index (χ2v) is 9.19. The Kier molecular flexibility index (Phi) is 5.43. The van der Waals surface area contributed by atoms with Crippen LogP contribution in [0.4, 0.5) is 5.82 Å². The van der Waals surface area contributed by atoms with Crippen molar-refractivity contribution in [3.05, 3.63) is 64.8 Å². The summed E-state index contributed by atoms with van der Waals surface area (Å²) in [4.78, 5) is 18.3. The Balaban J connectivity index is 1.53. The second-order valence-electron chi connectivity index (χ2n) is 7.13. The monoisotopic (exact) mass is 422 g/mol. The van der Waals surface area contributed by atoms with Crippen molar-refractivity contribution in [3.8, 4) is 5.13 Å². The molecular weight excluding hydrogens is 400 g/mol. The maximum Gasteiger partial charge on any atom is 0.235 e. The molecule has 2 aromatic heterocycles. The number of benzene rings is 2. The molecule has 0 saturated heterocycles. The van der Waals surface area contributed by atoms with Gasteiger partial charge < -0.3 is 5.32 Å². The molecule has 0 fully saturated rings. The number of hydrogen-bond donors (Lipinski definition) is 1. The van der Waals surface area contributed by atoms with Gasteiger partial charge in [0.25, 0.3) is 0 Å². The van der Waals surface area contributed by atoms with Crippen LogP contribution >= 0.6 is 23.1 Å². The quantitative estimate of drug-likeness (QED) is 0.435. The van der Waals surface area contributed by atoms with Gasteiger partial charge in [0.2, 0.25) is 11.0 Å². The number of amides is 1. The van der Waals surface area contributed by atoms with E-state index in [1.807, 2.05) is 25.1 Å². The minimum atomic E-state index is -0.0653. The Labute approximate surface area is 178 Å². The van der Waals surface area contributed by atoms with E-state index in [1.54, 1.807) is 16.0 Å². The lowest BCUT2D eigenvalue weighted by molar-refractivity contribution is -0.113. The summed E-state index contributed by atoms with van der Waals surface area (Å²) >= 11 is 3.09. The van der Waals surface area contributed by atoms with Crippen molar-refractivity contribution >= 4 is 45.0 Å². The van der Waals surface area contributed by atoms with Crippen molar-refractivity contribution in [1.29, 1.82) is 0 Å². The molecule has 0 aliphatic rings. The van der Waals surface area contributed by atoms with Crippen LogP contribution < -0.4 is 5.32 Å². The lowest BCUT2D eigenvalue weighted by Gasteiger charge is -2.06. The van der Waals surface area contributed by atoms with Crippen LogP contribution in [0.15, 0.2) is 47.4 Å². The smallest absolute Gasteiger partial charge is 0.235 e. The summed E-state index contributed by atoms with van der Waals surface area (Å²) in [5.41, 5.74) is 5.45. The molecule has 0 radical (unpaired) electrons. The predicted molar refractivity (Wildman–Crippen MR) is 121 cm³/mol. The number of thioether (sulfide) groups is 1. The van der Waals surface area contributed by atoms with Gasteiger partial charge in [-0.1, -0.05) is 29.0 Å². The zero-order valence-electron chi connectivity index (χ0n) is 16.8. The van der Waals surface area contributed by atoms with E-state index < -0.39 is 0 Å². The summed E-state index contributed by atoms with van der Waals surface area (Å²) in [7, 11) is 0. The number of carbonyl (C=O) groups excluding carboxylic acids is 1. The minimum absolute atomic E-state index is 0.0653. The van der Waals surface area contributed by atoms with Gasteiger partial charge in [-0.3, -0.25) is 4.79 Å². The van der Waals surface area contributed by atoms with Gasteiger partial charge in [-0.05, 0) is 63.1 Å². The second kappa shape index (κ2) is 8.00. The number of nitrogens with one attached hydrogen (secondary N) is 1. The number of thiazole rings is 1. The fourth-order valence-corrected chi connectivity index (χ4v) is 4.66. The molecule has 4 aromatic rings. The normalized spacial score (nSPS) is 11.2. The molecule has 2 aromatic carbocycles. The van der Waals surface area contributed by atoms with E-state index in [9.17, 15) is 4.79 Å². The topological polar surface area (TPSA) is 59.8 Å². The molecule has 0 aliphatic carbocycles. The first kappa shape index (κ1) is 19.7.